The van der Waals surface area contributed by atoms with Crippen LogP contribution in [0.25, 0.3) is 11.0 Å². The van der Waals surface area contributed by atoms with Gasteiger partial charge in [-0.1, -0.05) is 0 Å². The fourth-order valence-electron chi connectivity index (χ4n) is 1.74. The third-order valence-electron chi connectivity index (χ3n) is 2.64. The maximum Gasteiger partial charge on any atom is 0.137 e. The summed E-state index contributed by atoms with van der Waals surface area (Å²) in [6, 6.07) is 1.82. The number of halogens is 1. The molecule has 0 amide bonds. The van der Waals surface area contributed by atoms with Crippen molar-refractivity contribution in [2.24, 2.45) is 0 Å². The molecule has 0 saturated carbocycles. The predicted molar refractivity (Wildman–Crippen MR) is 66.5 cm³/mol. The number of nitrogens with one attached hydrogen (secondary N) is 1. The quantitative estimate of drug-likeness (QED) is 0.681. The summed E-state index contributed by atoms with van der Waals surface area (Å²) < 4.78 is 0.801. The maximum atomic E-state index is 9.97. The van der Waals surface area contributed by atoms with Crippen molar-refractivity contribution in [1.29, 1.82) is 0 Å². The van der Waals surface area contributed by atoms with Crippen molar-refractivity contribution >= 4 is 27.0 Å². The maximum absolute atomic E-state index is 9.97. The monoisotopic (exact) mass is 300 g/mol. The van der Waals surface area contributed by atoms with Gasteiger partial charge >= 0.3 is 0 Å². The van der Waals surface area contributed by atoms with E-state index in [2.05, 4.69) is 25.9 Å². The van der Waals surface area contributed by atoms with Gasteiger partial charge in [0.05, 0.1) is 6.10 Å². The summed E-state index contributed by atoms with van der Waals surface area (Å²) in [7, 11) is 0. The predicted octanol–water partition coefficient (Wildman–Crippen LogP) is 1.10. The Labute approximate surface area is 106 Å². The summed E-state index contributed by atoms with van der Waals surface area (Å²) in [5.74, 6) is 0. The van der Waals surface area contributed by atoms with E-state index in [4.69, 9.17) is 5.11 Å². The molecule has 2 aromatic rings. The second kappa shape index (κ2) is 5.14. The van der Waals surface area contributed by atoms with Crippen LogP contribution in [0.2, 0.25) is 0 Å². The van der Waals surface area contributed by atoms with Gasteiger partial charge in [0, 0.05) is 34.4 Å². The van der Waals surface area contributed by atoms with Crippen molar-refractivity contribution in [2.45, 2.75) is 18.6 Å². The number of aromatic amines is 1. The van der Waals surface area contributed by atoms with Crippen molar-refractivity contribution < 1.29 is 15.3 Å². The largest absolute Gasteiger partial charge is 0.396 e. The van der Waals surface area contributed by atoms with E-state index in [0.29, 0.717) is 11.2 Å². The minimum atomic E-state index is -1.04. The molecule has 0 aliphatic carbocycles. The van der Waals surface area contributed by atoms with Crippen LogP contribution in [0.3, 0.4) is 0 Å². The molecule has 0 fully saturated rings. The first-order valence-corrected chi connectivity index (χ1v) is 6.02. The summed E-state index contributed by atoms with van der Waals surface area (Å²) in [5.41, 5.74) is 1.23. The summed E-state index contributed by atoms with van der Waals surface area (Å²) in [4.78, 5) is 7.07. The Morgan fingerprint density at radius 2 is 2.18 bits per heavy atom. The van der Waals surface area contributed by atoms with Gasteiger partial charge in [-0.05, 0) is 28.4 Å². The second-order valence-corrected chi connectivity index (χ2v) is 4.73. The fraction of sp³-hybridized carbons (Fsp3) is 0.364. The average molecular weight is 301 g/mol. The molecule has 17 heavy (non-hydrogen) atoms. The second-order valence-electron chi connectivity index (χ2n) is 3.82. The summed E-state index contributed by atoms with van der Waals surface area (Å²) in [6.07, 6.45) is 1.38. The molecule has 2 unspecified atom stereocenters. The Bertz CT molecular complexity index is 514. The Morgan fingerprint density at radius 1 is 1.41 bits per heavy atom. The summed E-state index contributed by atoms with van der Waals surface area (Å²) >= 11 is 3.31. The van der Waals surface area contributed by atoms with Gasteiger partial charge in [-0.3, -0.25) is 0 Å². The number of pyridine rings is 1. The van der Waals surface area contributed by atoms with Crippen LogP contribution < -0.4 is 0 Å². The van der Waals surface area contributed by atoms with Crippen LogP contribution >= 0.6 is 15.9 Å². The van der Waals surface area contributed by atoms with Crippen LogP contribution in [0, 0.1) is 0 Å². The zero-order valence-corrected chi connectivity index (χ0v) is 10.6. The van der Waals surface area contributed by atoms with Crippen molar-refractivity contribution in [3.05, 3.63) is 28.5 Å². The number of aliphatic hydroxyl groups excluding tert-OH is 3. The molecule has 6 heteroatoms. The molecule has 0 aromatic carbocycles. The van der Waals surface area contributed by atoms with Gasteiger partial charge in [-0.15, -0.1) is 0 Å². The number of H-pyrrole nitrogens is 1. The fourth-order valence-corrected chi connectivity index (χ4v) is 2.07. The highest BCUT2D eigenvalue weighted by Crippen LogP contribution is 2.28. The van der Waals surface area contributed by atoms with Gasteiger partial charge in [0.15, 0.2) is 0 Å². The van der Waals surface area contributed by atoms with Crippen LogP contribution in [-0.2, 0) is 0 Å². The number of rotatable bonds is 4. The molecule has 5 nitrogen and oxygen atoms in total. The molecule has 0 bridgehead atoms. The molecule has 0 aliphatic heterocycles. The number of aromatic nitrogens is 2. The van der Waals surface area contributed by atoms with E-state index in [1.165, 1.54) is 0 Å². The summed E-state index contributed by atoms with van der Waals surface area (Å²) in [6.45, 7) is -0.164. The average Bonchev–Trinajstić information content (AvgIpc) is 2.71. The number of hydrogen-bond acceptors (Lipinski definition) is 4. The Kier molecular flexibility index (Phi) is 3.78. The zero-order valence-electron chi connectivity index (χ0n) is 8.97. The van der Waals surface area contributed by atoms with E-state index in [-0.39, 0.29) is 13.0 Å². The first-order valence-electron chi connectivity index (χ1n) is 5.23. The van der Waals surface area contributed by atoms with Gasteiger partial charge in [0.25, 0.3) is 0 Å². The lowest BCUT2D eigenvalue weighted by Gasteiger charge is -2.16. The van der Waals surface area contributed by atoms with E-state index in [1.54, 1.807) is 12.4 Å². The number of hydrogen-bond donors (Lipinski definition) is 4. The topological polar surface area (TPSA) is 89.4 Å². The van der Waals surface area contributed by atoms with E-state index in [9.17, 15) is 10.2 Å². The third-order valence-corrected chi connectivity index (χ3v) is 3.07. The lowest BCUT2D eigenvalue weighted by molar-refractivity contribution is 0.00500. The van der Waals surface area contributed by atoms with Gasteiger partial charge in [0.1, 0.15) is 11.8 Å². The molecule has 4 N–H and O–H groups in total. The van der Waals surface area contributed by atoms with E-state index in [1.807, 2.05) is 6.07 Å². The van der Waals surface area contributed by atoms with E-state index >= 15 is 0 Å². The molecule has 0 aliphatic rings. The molecule has 2 aromatic heterocycles. The molecule has 92 valence electrons. The van der Waals surface area contributed by atoms with Gasteiger partial charge < -0.3 is 20.3 Å². The highest BCUT2D eigenvalue weighted by molar-refractivity contribution is 9.10. The first-order chi connectivity index (χ1) is 8.13. The van der Waals surface area contributed by atoms with E-state index in [0.717, 1.165) is 9.86 Å². The highest BCUT2D eigenvalue weighted by atomic mass is 79.9. The minimum Gasteiger partial charge on any atom is -0.396 e. The van der Waals surface area contributed by atoms with Crippen LogP contribution in [-0.4, -0.2) is 38.0 Å². The number of aliphatic hydroxyl groups is 3. The molecule has 2 atom stereocenters. The van der Waals surface area contributed by atoms with Gasteiger partial charge in [-0.2, -0.15) is 0 Å². The molecular formula is C11H13BrN2O3. The Morgan fingerprint density at radius 3 is 2.88 bits per heavy atom. The van der Waals surface area contributed by atoms with Gasteiger partial charge in [0.2, 0.25) is 0 Å². The molecule has 2 heterocycles. The third kappa shape index (κ3) is 2.50. The van der Waals surface area contributed by atoms with Crippen LogP contribution in [0.15, 0.2) is 22.9 Å². The van der Waals surface area contributed by atoms with Crippen LogP contribution in [0.4, 0.5) is 0 Å². The molecule has 0 radical (unpaired) electrons. The molecule has 0 saturated heterocycles. The lowest BCUT2D eigenvalue weighted by Crippen LogP contribution is -2.19. The first kappa shape index (κ1) is 12.5. The van der Waals surface area contributed by atoms with Crippen molar-refractivity contribution in [2.75, 3.05) is 6.61 Å². The van der Waals surface area contributed by atoms with Crippen molar-refractivity contribution in [3.63, 3.8) is 0 Å². The standard InChI is InChI=1S/C11H13BrN2O3/c12-6-3-7-8(5-14-11(7)13-4-6)10(17)9(16)1-2-15/h3-5,9-10,15-17H,1-2H2,(H,13,14). The SMILES string of the molecule is OCCC(O)C(O)c1c[nH]c2ncc(Br)cc12. The number of fused-ring (bicyclic) bond motifs is 1. The lowest BCUT2D eigenvalue weighted by atomic mass is 10.0. The van der Waals surface area contributed by atoms with Crippen molar-refractivity contribution in [3.8, 4) is 0 Å². The minimum absolute atomic E-state index is 0.134. The van der Waals surface area contributed by atoms with Gasteiger partial charge in [-0.25, -0.2) is 4.98 Å². The van der Waals surface area contributed by atoms with Crippen molar-refractivity contribution in [1.82, 2.24) is 9.97 Å². The summed E-state index contributed by atoms with van der Waals surface area (Å²) in [5, 5.41) is 29.1. The number of nitrogens with zero attached hydrogens (tertiary/aromatic N) is 1. The van der Waals surface area contributed by atoms with Crippen LogP contribution in [0.1, 0.15) is 18.1 Å². The smallest absolute Gasteiger partial charge is 0.137 e. The molecular weight excluding hydrogens is 288 g/mol. The Balaban J connectivity index is 2.38. The molecule has 0 spiro atoms. The Hall–Kier alpha value is -0.950. The zero-order chi connectivity index (χ0) is 12.4. The van der Waals surface area contributed by atoms with E-state index < -0.39 is 12.2 Å². The van der Waals surface area contributed by atoms with Crippen LogP contribution in [0.5, 0.6) is 0 Å². The highest BCUT2D eigenvalue weighted by Gasteiger charge is 2.21. The molecule has 2 rings (SSSR count). The normalized spacial score (nSPS) is 15.1.